The van der Waals surface area contributed by atoms with Crippen molar-refractivity contribution in [3.63, 3.8) is 0 Å². The van der Waals surface area contributed by atoms with Gasteiger partial charge in [0.15, 0.2) is 0 Å². The minimum atomic E-state index is -3.34. The molecule has 0 aliphatic heterocycles. The first-order valence-corrected chi connectivity index (χ1v) is 6.89. The predicted molar refractivity (Wildman–Crippen MR) is 61.5 cm³/mol. The van der Waals surface area contributed by atoms with E-state index >= 15 is 0 Å². The van der Waals surface area contributed by atoms with Crippen LogP contribution in [0.1, 0.15) is 11.5 Å². The second-order valence-electron chi connectivity index (χ2n) is 3.53. The molecule has 0 saturated carbocycles. The second-order valence-corrected chi connectivity index (χ2v) is 6.16. The van der Waals surface area contributed by atoms with Gasteiger partial charge in [-0.15, -0.1) is 0 Å². The fourth-order valence-electron chi connectivity index (χ4n) is 1.31. The van der Waals surface area contributed by atoms with E-state index in [-0.39, 0.29) is 0 Å². The molecule has 0 radical (unpaired) electrons. The molecule has 0 fully saturated rings. The number of carbonyl (C=O) groups is 1. The highest BCUT2D eigenvalue weighted by molar-refractivity contribution is 7.90. The van der Waals surface area contributed by atoms with Crippen LogP contribution in [0.2, 0.25) is 5.02 Å². The summed E-state index contributed by atoms with van der Waals surface area (Å²) in [4.78, 5) is 11.0. The topological polar surface area (TPSA) is 71.4 Å². The third-order valence-electron chi connectivity index (χ3n) is 2.04. The van der Waals surface area contributed by atoms with Gasteiger partial charge in [-0.1, -0.05) is 23.7 Å². The van der Waals surface area contributed by atoms with Crippen LogP contribution in [0.5, 0.6) is 0 Å². The molecule has 16 heavy (non-hydrogen) atoms. The molecular formula is C10H11ClO4S. The molecule has 0 aromatic heterocycles. The Morgan fingerprint density at radius 3 is 2.25 bits per heavy atom. The molecule has 88 valence electrons. The van der Waals surface area contributed by atoms with Gasteiger partial charge in [0.25, 0.3) is 0 Å². The van der Waals surface area contributed by atoms with Gasteiger partial charge in [0.1, 0.15) is 9.84 Å². The monoisotopic (exact) mass is 262 g/mol. The Morgan fingerprint density at radius 1 is 1.38 bits per heavy atom. The Hall–Kier alpha value is -1.07. The van der Waals surface area contributed by atoms with Crippen molar-refractivity contribution >= 4 is 27.4 Å². The molecule has 0 saturated heterocycles. The van der Waals surface area contributed by atoms with Gasteiger partial charge in [-0.3, -0.25) is 4.79 Å². The maximum Gasteiger partial charge on any atom is 0.312 e. The van der Waals surface area contributed by atoms with Gasteiger partial charge in [-0.05, 0) is 17.7 Å². The molecule has 0 aliphatic carbocycles. The number of rotatable bonds is 4. The number of hydrogen-bond acceptors (Lipinski definition) is 3. The summed E-state index contributed by atoms with van der Waals surface area (Å²) in [5.74, 6) is -2.62. The lowest BCUT2D eigenvalue weighted by Gasteiger charge is -2.11. The van der Waals surface area contributed by atoms with Crippen molar-refractivity contribution in [3.05, 3.63) is 34.9 Å². The standard InChI is InChI=1S/C10H11ClO4S/c1-16(14,15)6-9(10(12)13)7-2-4-8(11)5-3-7/h2-5,9H,6H2,1H3,(H,12,13). The fourth-order valence-corrected chi connectivity index (χ4v) is 2.37. The molecular weight excluding hydrogens is 252 g/mol. The Kier molecular flexibility index (Phi) is 3.93. The zero-order valence-electron chi connectivity index (χ0n) is 8.55. The van der Waals surface area contributed by atoms with E-state index in [9.17, 15) is 13.2 Å². The van der Waals surface area contributed by atoms with E-state index in [0.29, 0.717) is 10.6 Å². The van der Waals surface area contributed by atoms with Crippen LogP contribution >= 0.6 is 11.6 Å². The molecule has 0 heterocycles. The minimum Gasteiger partial charge on any atom is -0.481 e. The first-order chi connectivity index (χ1) is 7.29. The molecule has 1 aromatic carbocycles. The summed E-state index contributed by atoms with van der Waals surface area (Å²) in [6.45, 7) is 0. The molecule has 6 heteroatoms. The van der Waals surface area contributed by atoms with Crippen LogP contribution in [0.15, 0.2) is 24.3 Å². The van der Waals surface area contributed by atoms with Crippen molar-refractivity contribution < 1.29 is 18.3 Å². The SMILES string of the molecule is CS(=O)(=O)CC(C(=O)O)c1ccc(Cl)cc1. The third-order valence-corrected chi connectivity index (χ3v) is 3.23. The van der Waals surface area contributed by atoms with Crippen molar-refractivity contribution in [2.75, 3.05) is 12.0 Å². The smallest absolute Gasteiger partial charge is 0.312 e. The van der Waals surface area contributed by atoms with Gasteiger partial charge in [-0.25, -0.2) is 8.42 Å². The average Bonchev–Trinajstić information content (AvgIpc) is 2.14. The zero-order chi connectivity index (χ0) is 12.3. The Labute approximate surface area is 98.8 Å². The quantitative estimate of drug-likeness (QED) is 0.894. The third kappa shape index (κ3) is 3.83. The first kappa shape index (κ1) is 13.0. The normalized spacial score (nSPS) is 13.4. The van der Waals surface area contributed by atoms with Crippen LogP contribution in [0.25, 0.3) is 0 Å². The highest BCUT2D eigenvalue weighted by atomic mass is 35.5. The van der Waals surface area contributed by atoms with Crippen LogP contribution in [0.4, 0.5) is 0 Å². The highest BCUT2D eigenvalue weighted by Crippen LogP contribution is 2.20. The molecule has 1 rings (SSSR count). The van der Waals surface area contributed by atoms with Crippen LogP contribution in [-0.2, 0) is 14.6 Å². The molecule has 0 spiro atoms. The van der Waals surface area contributed by atoms with E-state index in [1.807, 2.05) is 0 Å². The maximum atomic E-state index is 11.1. The van der Waals surface area contributed by atoms with E-state index in [4.69, 9.17) is 16.7 Å². The lowest BCUT2D eigenvalue weighted by atomic mass is 10.0. The summed E-state index contributed by atoms with van der Waals surface area (Å²) >= 11 is 5.66. The number of aliphatic carboxylic acids is 1. The van der Waals surface area contributed by atoms with Gasteiger partial charge >= 0.3 is 5.97 Å². The summed E-state index contributed by atoms with van der Waals surface area (Å²) in [6, 6.07) is 6.11. The highest BCUT2D eigenvalue weighted by Gasteiger charge is 2.24. The molecule has 1 atom stereocenters. The van der Waals surface area contributed by atoms with Gasteiger partial charge in [-0.2, -0.15) is 0 Å². The lowest BCUT2D eigenvalue weighted by molar-refractivity contribution is -0.138. The number of sulfone groups is 1. The van der Waals surface area contributed by atoms with Crippen LogP contribution in [0.3, 0.4) is 0 Å². The summed E-state index contributed by atoms with van der Waals surface area (Å²) in [7, 11) is -3.34. The summed E-state index contributed by atoms with van der Waals surface area (Å²) in [5, 5.41) is 9.44. The number of benzene rings is 1. The van der Waals surface area contributed by atoms with Crippen LogP contribution < -0.4 is 0 Å². The summed E-state index contributed by atoms with van der Waals surface area (Å²) in [6.07, 6.45) is 1.01. The second kappa shape index (κ2) is 4.84. The molecule has 1 N–H and O–H groups in total. The first-order valence-electron chi connectivity index (χ1n) is 4.45. The van der Waals surface area contributed by atoms with E-state index in [1.165, 1.54) is 24.3 Å². The molecule has 0 bridgehead atoms. The number of hydrogen-bond donors (Lipinski definition) is 1. The van der Waals surface area contributed by atoms with Gasteiger partial charge < -0.3 is 5.11 Å². The molecule has 1 unspecified atom stereocenters. The van der Waals surface area contributed by atoms with Gasteiger partial charge in [0, 0.05) is 11.3 Å². The number of carboxylic acid groups (broad SMARTS) is 1. The molecule has 1 aromatic rings. The summed E-state index contributed by atoms with van der Waals surface area (Å²) < 4.78 is 22.2. The Morgan fingerprint density at radius 2 is 1.88 bits per heavy atom. The van der Waals surface area contributed by atoms with E-state index in [1.54, 1.807) is 0 Å². The number of carboxylic acids is 1. The molecule has 4 nitrogen and oxygen atoms in total. The Balaban J connectivity index is 3.03. The van der Waals surface area contributed by atoms with Gasteiger partial charge in [0.05, 0.1) is 11.7 Å². The van der Waals surface area contributed by atoms with Crippen LogP contribution in [0, 0.1) is 0 Å². The Bertz CT molecular complexity index is 478. The predicted octanol–water partition coefficient (Wildman–Crippen LogP) is 1.55. The largest absolute Gasteiger partial charge is 0.481 e. The average molecular weight is 263 g/mol. The van der Waals surface area contributed by atoms with Crippen molar-refractivity contribution in [1.29, 1.82) is 0 Å². The van der Waals surface area contributed by atoms with Crippen molar-refractivity contribution in [1.82, 2.24) is 0 Å². The van der Waals surface area contributed by atoms with Gasteiger partial charge in [0.2, 0.25) is 0 Å². The van der Waals surface area contributed by atoms with E-state index in [0.717, 1.165) is 6.26 Å². The molecule has 0 amide bonds. The number of halogens is 1. The van der Waals surface area contributed by atoms with E-state index in [2.05, 4.69) is 0 Å². The summed E-state index contributed by atoms with van der Waals surface area (Å²) in [5.41, 5.74) is 0.433. The zero-order valence-corrected chi connectivity index (χ0v) is 10.1. The van der Waals surface area contributed by atoms with Crippen LogP contribution in [-0.4, -0.2) is 31.5 Å². The fraction of sp³-hybridized carbons (Fsp3) is 0.300. The van der Waals surface area contributed by atoms with Crippen molar-refractivity contribution in [2.24, 2.45) is 0 Å². The molecule has 0 aliphatic rings. The minimum absolute atomic E-state index is 0.413. The van der Waals surface area contributed by atoms with Crippen molar-refractivity contribution in [2.45, 2.75) is 5.92 Å². The van der Waals surface area contributed by atoms with Crippen molar-refractivity contribution in [3.8, 4) is 0 Å². The lowest BCUT2D eigenvalue weighted by Crippen LogP contribution is -2.21. The van der Waals surface area contributed by atoms with E-state index < -0.39 is 27.5 Å². The maximum absolute atomic E-state index is 11.1.